The number of aromatic nitrogens is 1. The lowest BCUT2D eigenvalue weighted by molar-refractivity contribution is 0.0300. The highest BCUT2D eigenvalue weighted by Gasteiger charge is 2.36. The molecule has 1 N–H and O–H groups in total. The van der Waals surface area contributed by atoms with Gasteiger partial charge in [-0.15, -0.1) is 0 Å². The van der Waals surface area contributed by atoms with Crippen LogP contribution in [0.25, 0.3) is 0 Å². The molecule has 1 saturated carbocycles. The normalized spacial score (nSPS) is 22.4. The number of ether oxygens (including phenoxy) is 1. The van der Waals surface area contributed by atoms with Gasteiger partial charge in [-0.2, -0.15) is 0 Å². The summed E-state index contributed by atoms with van der Waals surface area (Å²) < 4.78 is 5.98. The Morgan fingerprint density at radius 3 is 2.61 bits per heavy atom. The molecule has 2 amide bonds. The van der Waals surface area contributed by atoms with Gasteiger partial charge < -0.3 is 19.6 Å². The molecule has 3 heterocycles. The number of likely N-dealkylation sites (tertiary alicyclic amines) is 1. The van der Waals surface area contributed by atoms with Crippen LogP contribution >= 0.6 is 0 Å². The van der Waals surface area contributed by atoms with Gasteiger partial charge in [-0.05, 0) is 39.2 Å². The van der Waals surface area contributed by atoms with Crippen molar-refractivity contribution in [2.75, 3.05) is 39.3 Å². The molecule has 1 aromatic rings. The number of rotatable bonds is 4. The fourth-order valence-electron chi connectivity index (χ4n) is 4.13. The average Bonchev–Trinajstić information content (AvgIpc) is 2.81. The van der Waals surface area contributed by atoms with Gasteiger partial charge in [-0.3, -0.25) is 9.88 Å². The smallest absolute Gasteiger partial charge is 0.320 e. The second-order valence-corrected chi connectivity index (χ2v) is 8.82. The van der Waals surface area contributed by atoms with E-state index in [9.17, 15) is 9.90 Å². The van der Waals surface area contributed by atoms with Gasteiger partial charge in [-0.1, -0.05) is 6.42 Å². The number of carbonyl (C=O) groups is 1. The van der Waals surface area contributed by atoms with Crippen LogP contribution in [-0.4, -0.2) is 82.2 Å². The van der Waals surface area contributed by atoms with Crippen LogP contribution in [0.1, 0.15) is 45.2 Å². The predicted octanol–water partition coefficient (Wildman–Crippen LogP) is 2.05. The molecule has 4 rings (SSSR count). The lowest BCUT2D eigenvalue weighted by Gasteiger charge is -2.41. The monoisotopic (exact) mass is 388 g/mol. The number of aliphatic hydroxyl groups is 1. The van der Waals surface area contributed by atoms with Crippen molar-refractivity contribution in [1.29, 1.82) is 0 Å². The summed E-state index contributed by atoms with van der Waals surface area (Å²) in [5.41, 5.74) is -0.418. The van der Waals surface area contributed by atoms with Crippen molar-refractivity contribution >= 4 is 6.03 Å². The zero-order chi connectivity index (χ0) is 19.7. The van der Waals surface area contributed by atoms with E-state index in [1.165, 1.54) is 19.3 Å². The van der Waals surface area contributed by atoms with Gasteiger partial charge in [0.25, 0.3) is 0 Å². The molecule has 154 valence electrons. The van der Waals surface area contributed by atoms with Crippen molar-refractivity contribution in [2.24, 2.45) is 0 Å². The van der Waals surface area contributed by atoms with Crippen molar-refractivity contribution < 1.29 is 14.6 Å². The second-order valence-electron chi connectivity index (χ2n) is 8.82. The van der Waals surface area contributed by atoms with Gasteiger partial charge in [0.05, 0.1) is 18.8 Å². The van der Waals surface area contributed by atoms with Crippen LogP contribution in [0.2, 0.25) is 0 Å². The number of hydrogen-bond donors (Lipinski definition) is 1. The summed E-state index contributed by atoms with van der Waals surface area (Å²) >= 11 is 0. The first-order valence-electron chi connectivity index (χ1n) is 10.5. The summed E-state index contributed by atoms with van der Waals surface area (Å²) in [5, 5.41) is 10.1. The molecular weight excluding hydrogens is 356 g/mol. The van der Waals surface area contributed by atoms with E-state index < -0.39 is 5.60 Å². The van der Waals surface area contributed by atoms with E-state index in [1.807, 2.05) is 9.80 Å². The van der Waals surface area contributed by atoms with Crippen LogP contribution in [0.3, 0.4) is 0 Å². The number of amides is 2. The summed E-state index contributed by atoms with van der Waals surface area (Å²) in [6.45, 7) is 8.43. The van der Waals surface area contributed by atoms with Crippen molar-refractivity contribution in [2.45, 2.75) is 57.3 Å². The molecule has 7 heteroatoms. The van der Waals surface area contributed by atoms with Gasteiger partial charge in [0, 0.05) is 44.5 Å². The van der Waals surface area contributed by atoms with Crippen LogP contribution in [0, 0.1) is 0 Å². The third-order valence-electron chi connectivity index (χ3n) is 6.17. The van der Waals surface area contributed by atoms with E-state index in [0.717, 1.165) is 38.6 Å². The number of urea groups is 1. The van der Waals surface area contributed by atoms with Crippen molar-refractivity contribution in [3.63, 3.8) is 0 Å². The molecule has 3 fully saturated rings. The topological polar surface area (TPSA) is 69.1 Å². The van der Waals surface area contributed by atoms with E-state index >= 15 is 0 Å². The Kier molecular flexibility index (Phi) is 5.47. The maximum atomic E-state index is 12.8. The molecule has 0 aromatic carbocycles. The van der Waals surface area contributed by atoms with E-state index in [-0.39, 0.29) is 12.1 Å². The lowest BCUT2D eigenvalue weighted by atomic mass is 9.91. The van der Waals surface area contributed by atoms with Crippen LogP contribution < -0.4 is 4.74 Å². The Labute approximate surface area is 167 Å². The highest BCUT2D eigenvalue weighted by atomic mass is 16.5. The second kappa shape index (κ2) is 7.87. The Balaban J connectivity index is 1.25. The number of hydrogen-bond acceptors (Lipinski definition) is 5. The third kappa shape index (κ3) is 4.25. The number of carbonyl (C=O) groups excluding carboxylic acids is 1. The standard InChI is InChI=1S/C21H32N4O3/c1-21(2,27)19-13-17(7-8-22-19)28-18-14-25(15-18)20(26)24-10-4-9-23(11-12-24)16-5-3-6-16/h7-8,13,16,18,27H,3-6,9-12,14-15H2,1-2H3. The van der Waals surface area contributed by atoms with E-state index in [0.29, 0.717) is 24.5 Å². The Hall–Kier alpha value is -1.86. The minimum atomic E-state index is -0.999. The molecule has 0 bridgehead atoms. The highest BCUT2D eigenvalue weighted by Crippen LogP contribution is 2.27. The minimum absolute atomic E-state index is 0.000502. The average molecular weight is 389 g/mol. The van der Waals surface area contributed by atoms with E-state index in [2.05, 4.69) is 9.88 Å². The summed E-state index contributed by atoms with van der Waals surface area (Å²) in [7, 11) is 0. The molecule has 2 aliphatic heterocycles. The maximum absolute atomic E-state index is 12.8. The number of pyridine rings is 1. The van der Waals surface area contributed by atoms with Crippen molar-refractivity contribution in [3.05, 3.63) is 24.0 Å². The first kappa shape index (κ1) is 19.5. The van der Waals surface area contributed by atoms with Crippen molar-refractivity contribution in [1.82, 2.24) is 19.7 Å². The van der Waals surface area contributed by atoms with E-state index in [4.69, 9.17) is 4.74 Å². The molecule has 1 aromatic heterocycles. The third-order valence-corrected chi connectivity index (χ3v) is 6.17. The lowest BCUT2D eigenvalue weighted by Crippen LogP contribution is -2.60. The number of nitrogens with zero attached hydrogens (tertiary/aromatic N) is 4. The van der Waals surface area contributed by atoms with Crippen LogP contribution in [-0.2, 0) is 5.60 Å². The van der Waals surface area contributed by atoms with Crippen molar-refractivity contribution in [3.8, 4) is 5.75 Å². The van der Waals surface area contributed by atoms with Gasteiger partial charge >= 0.3 is 6.03 Å². The zero-order valence-electron chi connectivity index (χ0n) is 17.0. The molecule has 0 unspecified atom stereocenters. The van der Waals surface area contributed by atoms with Gasteiger partial charge in [0.2, 0.25) is 0 Å². The summed E-state index contributed by atoms with van der Waals surface area (Å²) in [5.74, 6) is 0.690. The SMILES string of the molecule is CC(C)(O)c1cc(OC2CN(C(=O)N3CCCN(C4CCC4)CC3)C2)ccn1. The largest absolute Gasteiger partial charge is 0.487 e. The molecule has 0 spiro atoms. The predicted molar refractivity (Wildman–Crippen MR) is 106 cm³/mol. The summed E-state index contributed by atoms with van der Waals surface area (Å²) in [4.78, 5) is 23.5. The quantitative estimate of drug-likeness (QED) is 0.855. The molecular formula is C21H32N4O3. The maximum Gasteiger partial charge on any atom is 0.320 e. The Morgan fingerprint density at radius 2 is 1.93 bits per heavy atom. The van der Waals surface area contributed by atoms with Gasteiger partial charge in [-0.25, -0.2) is 4.79 Å². The summed E-state index contributed by atoms with van der Waals surface area (Å²) in [6.07, 6.45) is 6.71. The molecule has 1 aliphatic carbocycles. The Bertz CT molecular complexity index is 695. The fourth-order valence-corrected chi connectivity index (χ4v) is 4.13. The molecule has 0 radical (unpaired) electrons. The minimum Gasteiger partial charge on any atom is -0.487 e. The first-order chi connectivity index (χ1) is 13.4. The molecule has 0 atom stereocenters. The molecule has 7 nitrogen and oxygen atoms in total. The zero-order valence-corrected chi connectivity index (χ0v) is 17.0. The van der Waals surface area contributed by atoms with E-state index in [1.54, 1.807) is 32.2 Å². The molecule has 28 heavy (non-hydrogen) atoms. The summed E-state index contributed by atoms with van der Waals surface area (Å²) in [6, 6.07) is 4.46. The first-order valence-corrected chi connectivity index (χ1v) is 10.5. The van der Waals surface area contributed by atoms with Crippen LogP contribution in [0.5, 0.6) is 5.75 Å². The Morgan fingerprint density at radius 1 is 1.14 bits per heavy atom. The van der Waals surface area contributed by atoms with Crippen LogP contribution in [0.4, 0.5) is 4.79 Å². The van der Waals surface area contributed by atoms with Gasteiger partial charge in [0.1, 0.15) is 17.5 Å². The highest BCUT2D eigenvalue weighted by molar-refractivity contribution is 5.75. The molecule has 3 aliphatic rings. The van der Waals surface area contributed by atoms with Gasteiger partial charge in [0.15, 0.2) is 0 Å². The van der Waals surface area contributed by atoms with Crippen LogP contribution in [0.15, 0.2) is 18.3 Å². The fraction of sp³-hybridized carbons (Fsp3) is 0.714. The molecule has 2 saturated heterocycles.